The zero-order chi connectivity index (χ0) is 29.5. The lowest BCUT2D eigenvalue weighted by atomic mass is 9.98. The molecule has 3 heterocycles. The van der Waals surface area contributed by atoms with Crippen molar-refractivity contribution in [2.75, 3.05) is 0 Å². The van der Waals surface area contributed by atoms with Crippen LogP contribution in [0.15, 0.2) is 155 Å². The van der Waals surface area contributed by atoms with Crippen LogP contribution < -0.4 is 0 Å². The molecule has 0 bridgehead atoms. The molecule has 0 radical (unpaired) electrons. The topological polar surface area (TPSA) is 51.8 Å². The largest absolute Gasteiger partial charge is 0.456 e. The van der Waals surface area contributed by atoms with Crippen LogP contribution in [0.2, 0.25) is 0 Å². The molecule has 0 N–H and O–H groups in total. The van der Waals surface area contributed by atoms with Gasteiger partial charge < -0.3 is 4.42 Å². The fourth-order valence-electron chi connectivity index (χ4n) is 5.64. The molecule has 44 heavy (non-hydrogen) atoms. The Morgan fingerprint density at radius 3 is 1.91 bits per heavy atom. The molecular weight excluding hydrogens is 606 g/mol. The zero-order valence-corrected chi connectivity index (χ0v) is 25.1. The number of furan rings is 1. The highest BCUT2D eigenvalue weighted by Crippen LogP contribution is 2.36. The number of rotatable bonds is 5. The molecule has 8 rings (SSSR count). The van der Waals surface area contributed by atoms with Crippen molar-refractivity contribution in [1.82, 2.24) is 15.0 Å². The third kappa shape index (κ3) is 4.97. The molecule has 208 valence electrons. The molecule has 5 aromatic carbocycles. The van der Waals surface area contributed by atoms with Gasteiger partial charge in [-0.1, -0.05) is 94.8 Å². The van der Waals surface area contributed by atoms with Crippen LogP contribution in [0.1, 0.15) is 0 Å². The van der Waals surface area contributed by atoms with Crippen LogP contribution in [0.4, 0.5) is 0 Å². The summed E-state index contributed by atoms with van der Waals surface area (Å²) in [7, 11) is 0. The number of aromatic nitrogens is 3. The van der Waals surface area contributed by atoms with Gasteiger partial charge in [-0.3, -0.25) is 4.98 Å². The predicted molar refractivity (Wildman–Crippen MR) is 182 cm³/mol. The van der Waals surface area contributed by atoms with Gasteiger partial charge >= 0.3 is 0 Å². The molecular formula is C39H24BrN3O. The second-order valence-electron chi connectivity index (χ2n) is 10.7. The molecule has 0 amide bonds. The van der Waals surface area contributed by atoms with Gasteiger partial charge in [0.2, 0.25) is 0 Å². The van der Waals surface area contributed by atoms with E-state index in [0.717, 1.165) is 76.7 Å². The zero-order valence-electron chi connectivity index (χ0n) is 23.5. The number of halogens is 1. The van der Waals surface area contributed by atoms with Crippen LogP contribution >= 0.6 is 15.9 Å². The number of hydrogen-bond donors (Lipinski definition) is 0. The molecule has 0 fully saturated rings. The van der Waals surface area contributed by atoms with Gasteiger partial charge in [0.1, 0.15) is 11.2 Å². The molecule has 5 heteroatoms. The number of pyridine rings is 1. The summed E-state index contributed by atoms with van der Waals surface area (Å²) < 4.78 is 7.07. The number of benzene rings is 5. The Hall–Kier alpha value is -5.39. The first-order valence-electron chi connectivity index (χ1n) is 14.4. The van der Waals surface area contributed by atoms with E-state index in [0.29, 0.717) is 5.82 Å². The molecule has 0 spiro atoms. The average molecular weight is 631 g/mol. The molecule has 0 aliphatic rings. The molecule has 0 saturated carbocycles. The van der Waals surface area contributed by atoms with Crippen LogP contribution in [0.5, 0.6) is 0 Å². The normalized spacial score (nSPS) is 11.3. The molecule has 0 atom stereocenters. The van der Waals surface area contributed by atoms with Gasteiger partial charge in [-0.2, -0.15) is 0 Å². The van der Waals surface area contributed by atoms with Gasteiger partial charge in [0.25, 0.3) is 0 Å². The highest BCUT2D eigenvalue weighted by Gasteiger charge is 2.14. The van der Waals surface area contributed by atoms with Gasteiger partial charge in [0, 0.05) is 44.3 Å². The van der Waals surface area contributed by atoms with E-state index < -0.39 is 0 Å². The van der Waals surface area contributed by atoms with Crippen molar-refractivity contribution in [3.63, 3.8) is 0 Å². The third-order valence-electron chi connectivity index (χ3n) is 7.84. The SMILES string of the molecule is Brc1cc(-c2ccc(-c3cccnc3)cc2)cc(-c2cc(-c3ccc4oc5ccccc5c4c3)nc(-c3ccccc3)n2)c1. The Labute approximate surface area is 262 Å². The molecule has 8 aromatic rings. The average Bonchev–Trinajstić information content (AvgIpc) is 3.47. The lowest BCUT2D eigenvalue weighted by Crippen LogP contribution is -1.96. The summed E-state index contributed by atoms with van der Waals surface area (Å²) in [6.45, 7) is 0. The molecule has 4 nitrogen and oxygen atoms in total. The maximum Gasteiger partial charge on any atom is 0.160 e. The minimum atomic E-state index is 0.678. The predicted octanol–water partition coefficient (Wildman–Crippen LogP) is 10.9. The van der Waals surface area contributed by atoms with E-state index in [1.165, 1.54) is 0 Å². The van der Waals surface area contributed by atoms with Crippen molar-refractivity contribution >= 4 is 37.9 Å². The minimum Gasteiger partial charge on any atom is -0.456 e. The first-order chi connectivity index (χ1) is 21.7. The highest BCUT2D eigenvalue weighted by atomic mass is 79.9. The highest BCUT2D eigenvalue weighted by molar-refractivity contribution is 9.10. The number of hydrogen-bond acceptors (Lipinski definition) is 4. The Bertz CT molecular complexity index is 2280. The molecule has 0 saturated heterocycles. The summed E-state index contributed by atoms with van der Waals surface area (Å²) >= 11 is 3.77. The first-order valence-corrected chi connectivity index (χ1v) is 15.2. The van der Waals surface area contributed by atoms with Crippen molar-refractivity contribution < 1.29 is 4.42 Å². The van der Waals surface area contributed by atoms with Gasteiger partial charge in [-0.05, 0) is 76.9 Å². The fraction of sp³-hybridized carbons (Fsp3) is 0. The smallest absolute Gasteiger partial charge is 0.160 e. The van der Waals surface area contributed by atoms with E-state index in [1.54, 1.807) is 6.20 Å². The lowest BCUT2D eigenvalue weighted by Gasteiger charge is -2.12. The van der Waals surface area contributed by atoms with Gasteiger partial charge in [0.05, 0.1) is 11.4 Å². The van der Waals surface area contributed by atoms with E-state index >= 15 is 0 Å². The maximum atomic E-state index is 6.09. The van der Waals surface area contributed by atoms with Crippen molar-refractivity contribution in [1.29, 1.82) is 0 Å². The molecule has 0 unspecified atom stereocenters. The summed E-state index contributed by atoms with van der Waals surface area (Å²) in [5, 5.41) is 2.16. The number of para-hydroxylation sites is 1. The first kappa shape index (κ1) is 26.3. The van der Waals surface area contributed by atoms with E-state index in [1.807, 2.05) is 66.9 Å². The lowest BCUT2D eigenvalue weighted by molar-refractivity contribution is 0.669. The van der Waals surface area contributed by atoms with Crippen molar-refractivity contribution in [3.8, 4) is 56.2 Å². The standard InChI is InChI=1S/C39H24BrN3O/c40-32-20-30(26-14-12-25(13-15-26)29-9-6-18-41-24-29)19-31(21-32)36-23-35(42-39(43-36)27-7-2-1-3-8-27)28-16-17-38-34(22-28)33-10-4-5-11-37(33)44-38/h1-24H. The van der Waals surface area contributed by atoms with E-state index in [-0.39, 0.29) is 0 Å². The van der Waals surface area contributed by atoms with E-state index in [9.17, 15) is 0 Å². The summed E-state index contributed by atoms with van der Waals surface area (Å²) in [6, 6.07) is 45.7. The second-order valence-corrected chi connectivity index (χ2v) is 11.6. The van der Waals surface area contributed by atoms with Gasteiger partial charge in [-0.15, -0.1) is 0 Å². The Balaban J connectivity index is 1.25. The number of nitrogens with zero attached hydrogens (tertiary/aromatic N) is 3. The molecule has 3 aromatic heterocycles. The van der Waals surface area contributed by atoms with E-state index in [4.69, 9.17) is 14.4 Å². The van der Waals surface area contributed by atoms with Crippen molar-refractivity contribution in [3.05, 3.63) is 150 Å². The monoisotopic (exact) mass is 629 g/mol. The summed E-state index contributed by atoms with van der Waals surface area (Å²) in [6.07, 6.45) is 3.68. The fourth-order valence-corrected chi connectivity index (χ4v) is 6.13. The summed E-state index contributed by atoms with van der Waals surface area (Å²) in [4.78, 5) is 14.4. The van der Waals surface area contributed by atoms with Crippen molar-refractivity contribution in [2.24, 2.45) is 0 Å². The van der Waals surface area contributed by atoms with Gasteiger partial charge in [-0.25, -0.2) is 9.97 Å². The van der Waals surface area contributed by atoms with Crippen LogP contribution in [-0.4, -0.2) is 15.0 Å². The molecule has 0 aliphatic carbocycles. The van der Waals surface area contributed by atoms with Crippen LogP contribution in [0.3, 0.4) is 0 Å². The van der Waals surface area contributed by atoms with Gasteiger partial charge in [0.15, 0.2) is 5.82 Å². The van der Waals surface area contributed by atoms with Crippen LogP contribution in [0.25, 0.3) is 78.1 Å². The van der Waals surface area contributed by atoms with Crippen LogP contribution in [-0.2, 0) is 0 Å². The maximum absolute atomic E-state index is 6.09. The quantitative estimate of drug-likeness (QED) is 0.190. The second kappa shape index (κ2) is 11.0. The minimum absolute atomic E-state index is 0.678. The molecule has 0 aliphatic heterocycles. The number of fused-ring (bicyclic) bond motifs is 3. The summed E-state index contributed by atoms with van der Waals surface area (Å²) in [5.41, 5.74) is 10.9. The van der Waals surface area contributed by atoms with Crippen LogP contribution in [0, 0.1) is 0 Å². The van der Waals surface area contributed by atoms with E-state index in [2.05, 4.69) is 93.7 Å². The van der Waals surface area contributed by atoms with Crippen molar-refractivity contribution in [2.45, 2.75) is 0 Å². The Kier molecular flexibility index (Phi) is 6.58. The Morgan fingerprint density at radius 1 is 0.455 bits per heavy atom. The third-order valence-corrected chi connectivity index (χ3v) is 8.30. The summed E-state index contributed by atoms with van der Waals surface area (Å²) in [5.74, 6) is 0.678. The Morgan fingerprint density at radius 2 is 1.11 bits per heavy atom.